The SMILES string of the molecule is O=C(CNc1nc(CN2CCOCC2)nc2sc3c(c12)CCCC3)NCc1ccco1. The van der Waals surface area contributed by atoms with Gasteiger partial charge in [0.05, 0.1) is 44.5 Å². The third kappa shape index (κ3) is 4.73. The van der Waals surface area contributed by atoms with Gasteiger partial charge >= 0.3 is 0 Å². The number of thiophene rings is 1. The van der Waals surface area contributed by atoms with E-state index in [-0.39, 0.29) is 12.5 Å². The third-order valence-corrected chi connectivity index (χ3v) is 6.97. The van der Waals surface area contributed by atoms with Crippen LogP contribution in [-0.4, -0.2) is 53.6 Å². The molecule has 0 atom stereocenters. The molecule has 5 rings (SSSR count). The molecular weight excluding hydrogens is 414 g/mol. The van der Waals surface area contributed by atoms with Gasteiger partial charge in [0.1, 0.15) is 22.2 Å². The van der Waals surface area contributed by atoms with E-state index < -0.39 is 0 Å². The van der Waals surface area contributed by atoms with Gasteiger partial charge in [0.2, 0.25) is 5.91 Å². The zero-order valence-electron chi connectivity index (χ0n) is 17.5. The number of fused-ring (bicyclic) bond motifs is 3. The minimum Gasteiger partial charge on any atom is -0.467 e. The summed E-state index contributed by atoms with van der Waals surface area (Å²) in [6.45, 7) is 4.51. The Hall–Kier alpha value is -2.49. The highest BCUT2D eigenvalue weighted by Crippen LogP contribution is 2.38. The Balaban J connectivity index is 1.36. The van der Waals surface area contributed by atoms with Crippen molar-refractivity contribution < 1.29 is 13.9 Å². The number of nitrogens with zero attached hydrogens (tertiary/aromatic N) is 3. The standard InChI is InChI=1S/C22H27N5O3S/c28-19(23-12-15-4-3-9-30-15)13-24-21-20-16-5-1-2-6-17(16)31-22(20)26-18(25-21)14-27-7-10-29-11-8-27/h3-4,9H,1-2,5-8,10-14H2,(H,23,28)(H,24,25,26). The van der Waals surface area contributed by atoms with Crippen LogP contribution in [0.4, 0.5) is 5.82 Å². The van der Waals surface area contributed by atoms with Crippen LogP contribution in [0.3, 0.4) is 0 Å². The second-order valence-corrected chi connectivity index (χ2v) is 9.06. The molecule has 0 aromatic carbocycles. The summed E-state index contributed by atoms with van der Waals surface area (Å²) in [5, 5.41) is 7.28. The first kappa shape index (κ1) is 20.4. The summed E-state index contributed by atoms with van der Waals surface area (Å²) in [7, 11) is 0. The fourth-order valence-electron chi connectivity index (χ4n) is 4.18. The maximum atomic E-state index is 12.4. The summed E-state index contributed by atoms with van der Waals surface area (Å²) in [5.41, 5.74) is 1.36. The van der Waals surface area contributed by atoms with Gasteiger partial charge < -0.3 is 19.8 Å². The molecule has 0 radical (unpaired) electrons. The van der Waals surface area contributed by atoms with Crippen LogP contribution in [0.2, 0.25) is 0 Å². The Morgan fingerprint density at radius 2 is 2.06 bits per heavy atom. The lowest BCUT2D eigenvalue weighted by Gasteiger charge is -2.25. The van der Waals surface area contributed by atoms with Gasteiger partial charge in [-0.3, -0.25) is 9.69 Å². The maximum absolute atomic E-state index is 12.4. The molecule has 1 aliphatic carbocycles. The van der Waals surface area contributed by atoms with Crippen molar-refractivity contribution in [3.05, 3.63) is 40.4 Å². The summed E-state index contributed by atoms with van der Waals surface area (Å²) < 4.78 is 10.7. The van der Waals surface area contributed by atoms with Crippen LogP contribution in [0.15, 0.2) is 22.8 Å². The summed E-state index contributed by atoms with van der Waals surface area (Å²) in [6.07, 6.45) is 6.19. The number of carbonyl (C=O) groups is 1. The minimum atomic E-state index is -0.0954. The van der Waals surface area contributed by atoms with Crippen molar-refractivity contribution in [2.75, 3.05) is 38.2 Å². The van der Waals surface area contributed by atoms with Crippen LogP contribution in [0.1, 0.15) is 34.9 Å². The minimum absolute atomic E-state index is 0.0954. The van der Waals surface area contributed by atoms with E-state index in [0.29, 0.717) is 13.1 Å². The van der Waals surface area contributed by atoms with Gasteiger partial charge in [0, 0.05) is 18.0 Å². The number of anilines is 1. The molecule has 0 saturated carbocycles. The molecule has 1 fully saturated rings. The number of nitrogens with one attached hydrogen (secondary N) is 2. The molecule has 3 aromatic rings. The number of ether oxygens (including phenoxy) is 1. The van der Waals surface area contributed by atoms with E-state index in [2.05, 4.69) is 15.5 Å². The van der Waals surface area contributed by atoms with Crippen molar-refractivity contribution in [3.63, 3.8) is 0 Å². The summed E-state index contributed by atoms with van der Waals surface area (Å²) >= 11 is 1.79. The van der Waals surface area contributed by atoms with Crippen LogP contribution in [0.25, 0.3) is 10.2 Å². The molecule has 4 heterocycles. The molecule has 1 saturated heterocycles. The Morgan fingerprint density at radius 1 is 1.19 bits per heavy atom. The van der Waals surface area contributed by atoms with E-state index in [1.807, 2.05) is 12.1 Å². The number of morpholine rings is 1. The first-order chi connectivity index (χ1) is 15.3. The van der Waals surface area contributed by atoms with Crippen molar-refractivity contribution >= 4 is 33.3 Å². The predicted octanol–water partition coefficient (Wildman–Crippen LogP) is 2.72. The van der Waals surface area contributed by atoms with Crippen LogP contribution < -0.4 is 10.6 Å². The highest BCUT2D eigenvalue weighted by atomic mass is 32.1. The van der Waals surface area contributed by atoms with Crippen molar-refractivity contribution in [2.45, 2.75) is 38.8 Å². The van der Waals surface area contributed by atoms with Crippen LogP contribution >= 0.6 is 11.3 Å². The molecule has 9 heteroatoms. The second kappa shape index (κ2) is 9.33. The number of hydrogen-bond acceptors (Lipinski definition) is 8. The van der Waals surface area contributed by atoms with Gasteiger partial charge in [0.25, 0.3) is 0 Å². The second-order valence-electron chi connectivity index (χ2n) is 7.98. The van der Waals surface area contributed by atoms with E-state index in [1.54, 1.807) is 17.6 Å². The zero-order valence-corrected chi connectivity index (χ0v) is 18.3. The average Bonchev–Trinajstić information content (AvgIpc) is 3.44. The van der Waals surface area contributed by atoms with E-state index in [1.165, 1.54) is 23.3 Å². The van der Waals surface area contributed by atoms with Crippen molar-refractivity contribution in [2.24, 2.45) is 0 Å². The van der Waals surface area contributed by atoms with E-state index >= 15 is 0 Å². The largest absolute Gasteiger partial charge is 0.467 e. The number of aryl methyl sites for hydroxylation is 2. The molecule has 0 bridgehead atoms. The third-order valence-electron chi connectivity index (χ3n) is 5.79. The zero-order chi connectivity index (χ0) is 21.0. The lowest BCUT2D eigenvalue weighted by atomic mass is 9.97. The monoisotopic (exact) mass is 441 g/mol. The number of carbonyl (C=O) groups excluding carboxylic acids is 1. The molecule has 1 amide bonds. The summed E-state index contributed by atoms with van der Waals surface area (Å²) in [4.78, 5) is 26.9. The van der Waals surface area contributed by atoms with Crippen LogP contribution in [0, 0.1) is 0 Å². The fraction of sp³-hybridized carbons (Fsp3) is 0.500. The molecule has 0 spiro atoms. The maximum Gasteiger partial charge on any atom is 0.239 e. The fourth-order valence-corrected chi connectivity index (χ4v) is 5.46. The van der Waals surface area contributed by atoms with E-state index in [0.717, 1.165) is 66.8 Å². The predicted molar refractivity (Wildman–Crippen MR) is 119 cm³/mol. The molecule has 2 N–H and O–H groups in total. The molecule has 164 valence electrons. The van der Waals surface area contributed by atoms with Gasteiger partial charge in [-0.2, -0.15) is 0 Å². The lowest BCUT2D eigenvalue weighted by molar-refractivity contribution is -0.119. The summed E-state index contributed by atoms with van der Waals surface area (Å²) in [5.74, 6) is 2.21. The van der Waals surface area contributed by atoms with Crippen molar-refractivity contribution in [3.8, 4) is 0 Å². The van der Waals surface area contributed by atoms with Gasteiger partial charge in [-0.05, 0) is 43.4 Å². The smallest absolute Gasteiger partial charge is 0.239 e. The van der Waals surface area contributed by atoms with E-state index in [9.17, 15) is 4.79 Å². The number of furan rings is 1. The molecule has 0 unspecified atom stereocenters. The Morgan fingerprint density at radius 3 is 2.90 bits per heavy atom. The lowest BCUT2D eigenvalue weighted by Crippen LogP contribution is -2.36. The van der Waals surface area contributed by atoms with Crippen LogP contribution in [-0.2, 0) is 35.5 Å². The first-order valence-electron chi connectivity index (χ1n) is 10.9. The highest BCUT2D eigenvalue weighted by molar-refractivity contribution is 7.19. The number of amides is 1. The molecule has 3 aromatic heterocycles. The quantitative estimate of drug-likeness (QED) is 0.582. The Bertz CT molecular complexity index is 1040. The Labute approximate surface area is 185 Å². The number of rotatable bonds is 7. The Kier molecular flexibility index (Phi) is 6.15. The van der Waals surface area contributed by atoms with E-state index in [4.69, 9.17) is 19.1 Å². The van der Waals surface area contributed by atoms with Crippen molar-refractivity contribution in [1.29, 1.82) is 0 Å². The molecule has 2 aliphatic rings. The molecule has 8 nitrogen and oxygen atoms in total. The van der Waals surface area contributed by atoms with Crippen LogP contribution in [0.5, 0.6) is 0 Å². The molecular formula is C22H27N5O3S. The molecule has 1 aliphatic heterocycles. The number of aromatic nitrogens is 2. The normalized spacial score (nSPS) is 16.9. The van der Waals surface area contributed by atoms with Gasteiger partial charge in [0.15, 0.2) is 0 Å². The highest BCUT2D eigenvalue weighted by Gasteiger charge is 2.22. The van der Waals surface area contributed by atoms with Gasteiger partial charge in [-0.1, -0.05) is 0 Å². The summed E-state index contributed by atoms with van der Waals surface area (Å²) in [6, 6.07) is 3.66. The van der Waals surface area contributed by atoms with Crippen molar-refractivity contribution in [1.82, 2.24) is 20.2 Å². The first-order valence-corrected chi connectivity index (χ1v) is 11.7. The molecule has 31 heavy (non-hydrogen) atoms. The van der Waals surface area contributed by atoms with Gasteiger partial charge in [-0.15, -0.1) is 11.3 Å². The topological polar surface area (TPSA) is 92.5 Å². The van der Waals surface area contributed by atoms with Gasteiger partial charge in [-0.25, -0.2) is 9.97 Å². The average molecular weight is 442 g/mol. The number of hydrogen-bond donors (Lipinski definition) is 2.